The van der Waals surface area contributed by atoms with E-state index in [4.69, 9.17) is 5.11 Å². The molecule has 0 radical (unpaired) electrons. The molecule has 9 heavy (non-hydrogen) atoms. The van der Waals surface area contributed by atoms with Crippen molar-refractivity contribution in [1.29, 1.82) is 0 Å². The van der Waals surface area contributed by atoms with Crippen LogP contribution in [0.2, 0.25) is 0 Å². The fourth-order valence-electron chi connectivity index (χ4n) is 0.583. The van der Waals surface area contributed by atoms with Crippen molar-refractivity contribution in [2.75, 3.05) is 0 Å². The van der Waals surface area contributed by atoms with Crippen LogP contribution in [0.15, 0.2) is 30.3 Å². The van der Waals surface area contributed by atoms with E-state index in [-0.39, 0.29) is 44.3 Å². The first kappa shape index (κ1) is 9.44. The second kappa shape index (κ2) is 5.24. The Labute approximate surface area is 84.7 Å². The number of aliphatic hydroxyl groups is 1. The van der Waals surface area contributed by atoms with Crippen LogP contribution in [0, 0.1) is 37.7 Å². The molecule has 1 rings (SSSR count). The van der Waals surface area contributed by atoms with E-state index in [0.29, 0.717) is 0 Å². The van der Waals surface area contributed by atoms with Gasteiger partial charge in [-0.05, 0) is 5.56 Å². The molecular weight excluding hydrogens is 140 g/mol. The minimum absolute atomic E-state index is 0. The molecule has 0 fully saturated rings. The van der Waals surface area contributed by atoms with E-state index in [1.165, 1.54) is 0 Å². The third-order valence-electron chi connectivity index (χ3n) is 1.03. The van der Waals surface area contributed by atoms with E-state index in [0.717, 1.165) is 5.56 Å². The van der Waals surface area contributed by atoms with Crippen LogP contribution in [0.25, 0.3) is 0 Å². The fourth-order valence-corrected chi connectivity index (χ4v) is 0.583. The maximum Gasteiger partial charge on any atom is 0.0681 e. The SMILES string of the molecule is OCc1ccccc1.[Ar]. The fraction of sp³-hybridized carbons (Fsp3) is 0.143. The predicted molar refractivity (Wildman–Crippen MR) is 32.4 cm³/mol. The van der Waals surface area contributed by atoms with Crippen molar-refractivity contribution in [3.8, 4) is 0 Å². The quantitative estimate of drug-likeness (QED) is 0.634. The standard InChI is InChI=1S/C7H8O.Ar/c8-6-7-4-2-1-3-5-7;/h1-5,8H,6H2;. The second-order valence-corrected chi connectivity index (χ2v) is 1.64. The molecule has 0 heterocycles. The summed E-state index contributed by atoms with van der Waals surface area (Å²) in [7, 11) is 0. The van der Waals surface area contributed by atoms with Crippen LogP contribution < -0.4 is 0 Å². The molecule has 2 heteroatoms. The maximum absolute atomic E-state index is 8.54. The van der Waals surface area contributed by atoms with Crippen molar-refractivity contribution in [1.82, 2.24) is 0 Å². The molecular formula is C7H8ArO. The Bertz CT molecular complexity index is 150. The summed E-state index contributed by atoms with van der Waals surface area (Å²) in [6.07, 6.45) is 0. The molecule has 1 N–H and O–H groups in total. The van der Waals surface area contributed by atoms with Crippen LogP contribution in [-0.4, -0.2) is 5.11 Å². The summed E-state index contributed by atoms with van der Waals surface area (Å²) in [5, 5.41) is 8.54. The summed E-state index contributed by atoms with van der Waals surface area (Å²) in [4.78, 5) is 0. The summed E-state index contributed by atoms with van der Waals surface area (Å²) >= 11 is 0. The molecule has 1 aromatic carbocycles. The molecule has 0 atom stereocenters. The zero-order valence-electron chi connectivity index (χ0n) is 4.89. The van der Waals surface area contributed by atoms with Crippen LogP contribution in [0.4, 0.5) is 0 Å². The topological polar surface area (TPSA) is 20.2 Å². The van der Waals surface area contributed by atoms with Crippen LogP contribution >= 0.6 is 0 Å². The van der Waals surface area contributed by atoms with Gasteiger partial charge in [0.05, 0.1) is 6.61 Å². The van der Waals surface area contributed by atoms with E-state index < -0.39 is 0 Å². The van der Waals surface area contributed by atoms with Gasteiger partial charge in [0.25, 0.3) is 0 Å². The molecule has 0 aliphatic rings. The van der Waals surface area contributed by atoms with E-state index in [1.54, 1.807) is 0 Å². The van der Waals surface area contributed by atoms with Crippen molar-refractivity contribution in [2.45, 2.75) is 6.61 Å². The predicted octanol–water partition coefficient (Wildman–Crippen LogP) is 1.18. The summed E-state index contributed by atoms with van der Waals surface area (Å²) in [6.45, 7) is 0.140. The average Bonchev–Trinajstić information content (AvgIpc) is 1.90. The number of benzene rings is 1. The molecule has 0 spiro atoms. The van der Waals surface area contributed by atoms with Crippen molar-refractivity contribution in [3.63, 3.8) is 0 Å². The minimum Gasteiger partial charge on any atom is -0.392 e. The van der Waals surface area contributed by atoms with Crippen LogP contribution in [0.3, 0.4) is 0 Å². The molecule has 0 saturated carbocycles. The van der Waals surface area contributed by atoms with Gasteiger partial charge in [0.1, 0.15) is 0 Å². The summed E-state index contributed by atoms with van der Waals surface area (Å²) in [5.74, 6) is 0. The third-order valence-corrected chi connectivity index (χ3v) is 1.03. The van der Waals surface area contributed by atoms with E-state index in [9.17, 15) is 0 Å². The van der Waals surface area contributed by atoms with Crippen molar-refractivity contribution in [2.24, 2.45) is 0 Å². The molecule has 0 aromatic heterocycles. The van der Waals surface area contributed by atoms with Crippen LogP contribution in [0.1, 0.15) is 5.56 Å². The first-order chi connectivity index (χ1) is 3.93. The molecule has 0 aliphatic carbocycles. The number of hydrogen-bond acceptors (Lipinski definition) is 1. The van der Waals surface area contributed by atoms with Gasteiger partial charge in [-0.15, -0.1) is 0 Å². The Morgan fingerprint density at radius 2 is 1.67 bits per heavy atom. The third kappa shape index (κ3) is 3.21. The van der Waals surface area contributed by atoms with Gasteiger partial charge in [-0.1, -0.05) is 30.3 Å². The molecule has 0 saturated heterocycles. The monoisotopic (exact) mass is 148 g/mol. The summed E-state index contributed by atoms with van der Waals surface area (Å²) in [5.41, 5.74) is 0.965. The molecule has 0 amide bonds. The van der Waals surface area contributed by atoms with Gasteiger partial charge >= 0.3 is 0 Å². The first-order valence-corrected chi connectivity index (χ1v) is 2.58. The smallest absolute Gasteiger partial charge is 0.0681 e. The molecule has 1 nitrogen and oxygen atoms in total. The van der Waals surface area contributed by atoms with E-state index >= 15 is 0 Å². The number of rotatable bonds is 1. The average molecular weight is 148 g/mol. The maximum atomic E-state index is 8.54. The Morgan fingerprint density at radius 1 is 1.11 bits per heavy atom. The van der Waals surface area contributed by atoms with Gasteiger partial charge in [0.2, 0.25) is 0 Å². The van der Waals surface area contributed by atoms with Crippen LogP contribution in [0.5, 0.6) is 0 Å². The molecule has 50 valence electrons. The van der Waals surface area contributed by atoms with Crippen molar-refractivity contribution in [3.05, 3.63) is 35.9 Å². The zero-order chi connectivity index (χ0) is 5.82. The van der Waals surface area contributed by atoms with Crippen LogP contribution in [-0.2, 0) is 6.61 Å². The summed E-state index contributed by atoms with van der Waals surface area (Å²) < 4.78 is 0. The Balaban J connectivity index is 0.000000640. The molecule has 0 bridgehead atoms. The van der Waals surface area contributed by atoms with Gasteiger partial charge in [-0.25, -0.2) is 0 Å². The van der Waals surface area contributed by atoms with Gasteiger partial charge in [-0.3, -0.25) is 0 Å². The number of hydrogen-bond donors (Lipinski definition) is 1. The van der Waals surface area contributed by atoms with Gasteiger partial charge in [-0.2, -0.15) is 0 Å². The molecule has 1 aromatic rings. The first-order valence-electron chi connectivity index (χ1n) is 2.58. The van der Waals surface area contributed by atoms with E-state index in [1.807, 2.05) is 30.3 Å². The van der Waals surface area contributed by atoms with Gasteiger partial charge < -0.3 is 5.11 Å². The Hall–Kier alpha value is 0.440. The zero-order valence-corrected chi connectivity index (χ0v) is 5.60. The Morgan fingerprint density at radius 3 is 2.00 bits per heavy atom. The van der Waals surface area contributed by atoms with Gasteiger partial charge in [0.15, 0.2) is 0 Å². The summed E-state index contributed by atoms with van der Waals surface area (Å²) in [6, 6.07) is 9.52. The van der Waals surface area contributed by atoms with Gasteiger partial charge in [0, 0.05) is 37.7 Å². The normalized spacial score (nSPS) is 8.11. The molecule has 0 aliphatic heterocycles. The number of aliphatic hydroxyl groups excluding tert-OH is 1. The van der Waals surface area contributed by atoms with E-state index in [2.05, 4.69) is 0 Å². The minimum atomic E-state index is 0. The van der Waals surface area contributed by atoms with Crippen molar-refractivity contribution >= 4 is 0 Å². The Kier molecular flexibility index (Phi) is 5.50. The largest absolute Gasteiger partial charge is 0.392 e. The van der Waals surface area contributed by atoms with Crippen molar-refractivity contribution < 1.29 is 42.8 Å². The molecule has 0 unspecified atom stereocenters. The second-order valence-electron chi connectivity index (χ2n) is 1.64.